The van der Waals surface area contributed by atoms with Crippen molar-refractivity contribution in [1.82, 2.24) is 9.80 Å². The summed E-state index contributed by atoms with van der Waals surface area (Å²) in [6.45, 7) is 7.81. The number of esters is 2. The molecule has 0 aromatic heterocycles. The molecule has 15 unspecified atom stereocenters. The van der Waals surface area contributed by atoms with Crippen molar-refractivity contribution in [2.45, 2.75) is 166 Å². The third-order valence-corrected chi connectivity index (χ3v) is 22.9. The van der Waals surface area contributed by atoms with Crippen molar-refractivity contribution in [3.8, 4) is 0 Å². The quantitative estimate of drug-likeness (QED) is 0.223. The first-order chi connectivity index (χ1) is 31.7. The summed E-state index contributed by atoms with van der Waals surface area (Å²) in [6, 6.07) is 7.67. The molecule has 0 radical (unpaired) electrons. The second-order valence-corrected chi connectivity index (χ2v) is 24.9. The predicted octanol–water partition coefficient (Wildman–Crippen LogP) is 10.2. The van der Waals surface area contributed by atoms with Crippen molar-refractivity contribution in [1.29, 1.82) is 0 Å². The monoisotopic (exact) mass is 878 g/mol. The number of nitrogens with two attached hydrogens (primary N) is 1. The van der Waals surface area contributed by atoms with E-state index in [1.165, 1.54) is 76.3 Å². The fraction of sp³-hybridized carbons (Fsp3) is 0.719. The number of carbonyl (C=O) groups is 2. The molecule has 0 amide bonds. The van der Waals surface area contributed by atoms with Crippen LogP contribution in [0.1, 0.15) is 157 Å². The van der Waals surface area contributed by atoms with Gasteiger partial charge < -0.3 is 25.2 Å². The summed E-state index contributed by atoms with van der Waals surface area (Å²) in [5.41, 5.74) is 13.7. The molecule has 4 spiro atoms. The number of ether oxygens (including phenoxy) is 2. The molecule has 15 atom stereocenters. The van der Waals surface area contributed by atoms with Gasteiger partial charge in [-0.3, -0.25) is 9.69 Å². The summed E-state index contributed by atoms with van der Waals surface area (Å²) >= 11 is 0. The maximum Gasteiger partial charge on any atom is 0.339 e. The summed E-state index contributed by atoms with van der Waals surface area (Å²) in [4.78, 5) is 37.4. The standard InChI is InChI=1S/C57H71N3O5/c1-30-22-34-17-19-54-27-40(34)47-39-18-20-55-51(64-53(63)56(47,55)45(23-30)57(55)41-12-6-10-33(11-7-21-58)46(41)52(62)65-57)50(61)38-14-16-42-37-26-36(28-59(42)44(38)25-32-8-4-3-5-9-32)43-15-13-35(24-31(54)2)49(48(39)54)60(43)29-37/h6,10,12,22,30-32,36-38,40,42-45,48,61H,3-5,7-9,11,13-21,23-29,58H2,1-2H3. The van der Waals surface area contributed by atoms with E-state index in [-0.39, 0.29) is 47.1 Å². The summed E-state index contributed by atoms with van der Waals surface area (Å²) in [7, 11) is 0. The largest absolute Gasteiger partial charge is 0.508 e. The van der Waals surface area contributed by atoms with Gasteiger partial charge in [0.2, 0.25) is 0 Å². The first kappa shape index (κ1) is 39.6. The van der Waals surface area contributed by atoms with Gasteiger partial charge >= 0.3 is 11.9 Å². The van der Waals surface area contributed by atoms with E-state index >= 15 is 9.59 Å². The number of hydrogen-bond donors (Lipinski definition) is 2. The third kappa shape index (κ3) is 4.44. The van der Waals surface area contributed by atoms with Crippen LogP contribution in [0.2, 0.25) is 0 Å². The van der Waals surface area contributed by atoms with Crippen LogP contribution in [-0.4, -0.2) is 64.6 Å². The molecule has 7 aliphatic carbocycles. The van der Waals surface area contributed by atoms with Gasteiger partial charge in [-0.15, -0.1) is 0 Å². The Labute approximate surface area is 385 Å². The fourth-order valence-electron chi connectivity index (χ4n) is 20.9. The zero-order valence-electron chi connectivity index (χ0n) is 39.1. The third-order valence-electron chi connectivity index (χ3n) is 22.9. The molecule has 7 fully saturated rings. The minimum atomic E-state index is -1.12. The highest BCUT2D eigenvalue weighted by Gasteiger charge is 2.94. The number of benzene rings is 1. The van der Waals surface area contributed by atoms with Gasteiger partial charge in [-0.25, -0.2) is 4.79 Å². The molecule has 1 aromatic rings. The Kier molecular flexibility index (Phi) is 8.07. The molecule has 7 aliphatic heterocycles. The van der Waals surface area contributed by atoms with Gasteiger partial charge in [-0.2, -0.15) is 0 Å². The Hall–Kier alpha value is -3.36. The fourth-order valence-corrected chi connectivity index (χ4v) is 20.9. The van der Waals surface area contributed by atoms with E-state index in [1.807, 2.05) is 0 Å². The van der Waals surface area contributed by atoms with Crippen molar-refractivity contribution in [2.24, 2.45) is 75.2 Å². The lowest BCUT2D eigenvalue weighted by Crippen LogP contribution is -2.78. The van der Waals surface area contributed by atoms with Crippen LogP contribution in [0.25, 0.3) is 0 Å². The van der Waals surface area contributed by atoms with Crippen LogP contribution in [0.5, 0.6) is 0 Å². The number of rotatable bonds is 5. The van der Waals surface area contributed by atoms with Gasteiger partial charge in [-0.1, -0.05) is 86.9 Å². The molecular weight excluding hydrogens is 807 g/mol. The van der Waals surface area contributed by atoms with Crippen LogP contribution in [0.3, 0.4) is 0 Å². The zero-order valence-corrected chi connectivity index (χ0v) is 39.1. The first-order valence-electron chi connectivity index (χ1n) is 27.1. The topological polar surface area (TPSA) is 105 Å². The lowest BCUT2D eigenvalue weighted by atomic mass is 9.26. The van der Waals surface area contributed by atoms with E-state index in [9.17, 15) is 5.11 Å². The lowest BCUT2D eigenvalue weighted by Gasteiger charge is -2.74. The average Bonchev–Trinajstić information content (AvgIpc) is 3.77. The second kappa shape index (κ2) is 13.2. The number of nitrogens with zero attached hydrogens (tertiary/aromatic N) is 2. The molecule has 1 aromatic carbocycles. The molecule has 344 valence electrons. The lowest BCUT2D eigenvalue weighted by molar-refractivity contribution is -0.283. The predicted molar refractivity (Wildman–Crippen MR) is 247 cm³/mol. The van der Waals surface area contributed by atoms with Gasteiger partial charge in [0.1, 0.15) is 11.2 Å². The number of aliphatic hydroxyl groups is 1. The molecule has 3 N–H and O–H groups in total. The SMILES string of the molecule is CC1C=C2CCC34CC2C2=C5CCC67C(=C(O)C8CCC9C%10CC(CN9C8CC8CCCCC8)C8CCC(=C(C53)N8C%10)CC4C)OC(=O)C26C(C1)C71OC(=O)c2c(CCCN)cccc21. The number of carbonyl (C=O) groups excluding carboxylic acids is 2. The molecule has 9 bridgehead atoms. The average molecular weight is 878 g/mol. The Bertz CT molecular complexity index is 2480. The summed E-state index contributed by atoms with van der Waals surface area (Å²) in [5.74, 6) is 3.17. The van der Waals surface area contributed by atoms with Crippen LogP contribution >= 0.6 is 0 Å². The van der Waals surface area contributed by atoms with Crippen molar-refractivity contribution in [2.75, 3.05) is 19.6 Å². The minimum absolute atomic E-state index is 0.125. The van der Waals surface area contributed by atoms with E-state index in [0.717, 1.165) is 69.0 Å². The highest BCUT2D eigenvalue weighted by Crippen LogP contribution is 2.89. The van der Waals surface area contributed by atoms with Crippen molar-refractivity contribution < 1.29 is 24.2 Å². The van der Waals surface area contributed by atoms with E-state index < -0.39 is 16.4 Å². The van der Waals surface area contributed by atoms with E-state index in [0.29, 0.717) is 78.1 Å². The number of aliphatic hydroxyl groups excluding tert-OH is 1. The molecule has 14 aliphatic rings. The number of allylic oxidation sites excluding steroid dienone is 4. The number of piperidine rings is 3. The van der Waals surface area contributed by atoms with E-state index in [1.54, 1.807) is 22.4 Å². The summed E-state index contributed by atoms with van der Waals surface area (Å²) in [6.07, 6.45) is 24.4. The maximum absolute atomic E-state index is 16.3. The highest BCUT2D eigenvalue weighted by atomic mass is 16.6. The first-order valence-corrected chi connectivity index (χ1v) is 27.1. The molecule has 8 heteroatoms. The highest BCUT2D eigenvalue weighted by molar-refractivity contribution is 6.00. The molecular formula is C57H71N3O5. The van der Waals surface area contributed by atoms with Crippen LogP contribution in [0.15, 0.2) is 63.8 Å². The van der Waals surface area contributed by atoms with Crippen molar-refractivity contribution in [3.05, 3.63) is 80.5 Å². The number of fused-ring (bicyclic) bond motifs is 8. The van der Waals surface area contributed by atoms with E-state index in [2.05, 4.69) is 47.9 Å². The number of aryl methyl sites for hydroxylation is 1. The van der Waals surface area contributed by atoms with Gasteiger partial charge in [0.05, 0.1) is 11.0 Å². The van der Waals surface area contributed by atoms with Gasteiger partial charge in [0.25, 0.3) is 0 Å². The molecule has 8 nitrogen and oxygen atoms in total. The second-order valence-electron chi connectivity index (χ2n) is 24.9. The Morgan fingerprint density at radius 1 is 0.938 bits per heavy atom. The maximum atomic E-state index is 16.3. The number of hydrogen-bond acceptors (Lipinski definition) is 8. The van der Waals surface area contributed by atoms with Crippen molar-refractivity contribution >= 4 is 11.9 Å². The molecule has 15 rings (SSSR count). The molecule has 4 saturated heterocycles. The van der Waals surface area contributed by atoms with Gasteiger partial charge in [0, 0.05) is 66.1 Å². The van der Waals surface area contributed by atoms with E-state index in [4.69, 9.17) is 15.2 Å². The van der Waals surface area contributed by atoms with Gasteiger partial charge in [0.15, 0.2) is 11.4 Å². The van der Waals surface area contributed by atoms with Crippen LogP contribution in [0, 0.1) is 69.5 Å². The Balaban J connectivity index is 1.05. The van der Waals surface area contributed by atoms with Crippen LogP contribution in [-0.2, 0) is 26.3 Å². The van der Waals surface area contributed by atoms with Crippen LogP contribution < -0.4 is 5.73 Å². The summed E-state index contributed by atoms with van der Waals surface area (Å²) in [5, 5.41) is 13.8. The Morgan fingerprint density at radius 3 is 2.66 bits per heavy atom. The van der Waals surface area contributed by atoms with Gasteiger partial charge in [-0.05, 0) is 149 Å². The minimum Gasteiger partial charge on any atom is -0.508 e. The van der Waals surface area contributed by atoms with Crippen LogP contribution in [0.4, 0.5) is 0 Å². The summed E-state index contributed by atoms with van der Waals surface area (Å²) < 4.78 is 14.5. The smallest absolute Gasteiger partial charge is 0.339 e. The van der Waals surface area contributed by atoms with Crippen molar-refractivity contribution in [3.63, 3.8) is 0 Å². The molecule has 7 heterocycles. The Morgan fingerprint density at radius 2 is 1.80 bits per heavy atom. The molecule has 3 saturated carbocycles. The zero-order chi connectivity index (χ0) is 43.5. The molecule has 65 heavy (non-hydrogen) atoms. The normalized spacial score (nSPS) is 47.2.